The summed E-state index contributed by atoms with van der Waals surface area (Å²) in [6.07, 6.45) is 5.24. The summed E-state index contributed by atoms with van der Waals surface area (Å²) in [6.45, 7) is 2.05. The van der Waals surface area contributed by atoms with Crippen molar-refractivity contribution in [3.05, 3.63) is 23.3 Å². The van der Waals surface area contributed by atoms with Crippen LogP contribution in [0.25, 0.3) is 0 Å². The maximum absolute atomic E-state index is 12.2. The molecule has 3 aliphatic carbocycles. The molecule has 144 valence electrons. The molecule has 2 heterocycles. The molecule has 6 heteroatoms. The fourth-order valence-electron chi connectivity index (χ4n) is 6.49. The van der Waals surface area contributed by atoms with Crippen LogP contribution < -0.4 is 4.74 Å². The molecule has 2 saturated carbocycles. The van der Waals surface area contributed by atoms with Gasteiger partial charge >= 0.3 is 0 Å². The van der Waals surface area contributed by atoms with Gasteiger partial charge in [-0.15, -0.1) is 0 Å². The summed E-state index contributed by atoms with van der Waals surface area (Å²) in [5.41, 5.74) is 1.69. The van der Waals surface area contributed by atoms with Gasteiger partial charge in [-0.25, -0.2) is 0 Å². The summed E-state index contributed by atoms with van der Waals surface area (Å²) in [4.78, 5) is 7.64. The molecule has 4 atom stereocenters. The molecule has 2 N–H and O–H groups in total. The predicted molar refractivity (Wildman–Crippen MR) is 99.2 cm³/mol. The highest BCUT2D eigenvalue weighted by molar-refractivity contribution is 5.94. The number of rotatable bonds is 3. The lowest BCUT2D eigenvalue weighted by Crippen LogP contribution is -2.76. The molecule has 5 aliphatic rings. The summed E-state index contributed by atoms with van der Waals surface area (Å²) in [6, 6.07) is 3.86. The largest absolute Gasteiger partial charge is 0.504 e. The minimum absolute atomic E-state index is 0.102. The molecule has 2 aliphatic heterocycles. The summed E-state index contributed by atoms with van der Waals surface area (Å²) in [5, 5.41) is 27.0. The van der Waals surface area contributed by atoms with Crippen molar-refractivity contribution in [2.45, 2.75) is 61.7 Å². The Morgan fingerprint density at radius 3 is 2.96 bits per heavy atom. The van der Waals surface area contributed by atoms with E-state index >= 15 is 0 Å². The first-order valence-electron chi connectivity index (χ1n) is 10.2. The highest BCUT2D eigenvalue weighted by Gasteiger charge is 2.72. The molecule has 27 heavy (non-hydrogen) atoms. The fraction of sp³-hybridized carbons (Fsp3) is 0.667. The average molecular weight is 370 g/mol. The second-order valence-electron chi connectivity index (χ2n) is 9.01. The first-order valence-corrected chi connectivity index (χ1v) is 10.2. The lowest BCUT2D eigenvalue weighted by molar-refractivity contribution is -0.167. The number of phenols is 1. The number of hydrogen-bond acceptors (Lipinski definition) is 6. The number of likely N-dealkylation sites (tertiary alicyclic amines) is 1. The van der Waals surface area contributed by atoms with E-state index in [2.05, 4.69) is 10.1 Å². The van der Waals surface area contributed by atoms with Crippen LogP contribution in [0.1, 0.15) is 43.2 Å². The van der Waals surface area contributed by atoms with Gasteiger partial charge in [0.25, 0.3) is 0 Å². The highest BCUT2D eigenvalue weighted by atomic mass is 16.6. The molecule has 3 fully saturated rings. The molecule has 6 rings (SSSR count). The number of benzene rings is 1. The van der Waals surface area contributed by atoms with Gasteiger partial charge in [-0.05, 0) is 62.6 Å². The van der Waals surface area contributed by atoms with Crippen LogP contribution in [0.3, 0.4) is 0 Å². The minimum Gasteiger partial charge on any atom is -0.504 e. The second kappa shape index (κ2) is 5.17. The monoisotopic (exact) mass is 370 g/mol. The molecule has 0 amide bonds. The van der Waals surface area contributed by atoms with Crippen LogP contribution >= 0.6 is 0 Å². The lowest BCUT2D eigenvalue weighted by atomic mass is 9.49. The van der Waals surface area contributed by atoms with Crippen molar-refractivity contribution in [1.82, 2.24) is 4.90 Å². The van der Waals surface area contributed by atoms with Crippen molar-refractivity contribution in [3.8, 4) is 11.5 Å². The Morgan fingerprint density at radius 2 is 2.19 bits per heavy atom. The van der Waals surface area contributed by atoms with Crippen LogP contribution in [0.2, 0.25) is 0 Å². The third-order valence-corrected chi connectivity index (χ3v) is 7.79. The normalized spacial score (nSPS) is 40.6. The molecule has 2 bridgehead atoms. The molecule has 1 saturated heterocycles. The number of ether oxygens (including phenoxy) is 1. The predicted octanol–water partition coefficient (Wildman–Crippen LogP) is 1.96. The van der Waals surface area contributed by atoms with Gasteiger partial charge in [0, 0.05) is 18.2 Å². The number of aliphatic hydroxyl groups is 1. The van der Waals surface area contributed by atoms with E-state index < -0.39 is 11.0 Å². The number of hydrogen-bond donors (Lipinski definition) is 2. The molecule has 1 aromatic carbocycles. The molecule has 6 nitrogen and oxygen atoms in total. The van der Waals surface area contributed by atoms with Crippen LogP contribution in [0, 0.1) is 5.92 Å². The lowest BCUT2D eigenvalue weighted by Gasteiger charge is -2.63. The Labute approximate surface area is 158 Å². The molecule has 0 radical (unpaired) electrons. The maximum atomic E-state index is 12.2. The van der Waals surface area contributed by atoms with Crippen molar-refractivity contribution in [3.63, 3.8) is 0 Å². The average Bonchev–Trinajstić information content (AvgIpc) is 3.39. The topological polar surface area (TPSA) is 74.5 Å². The number of aromatic hydroxyl groups is 1. The van der Waals surface area contributed by atoms with E-state index in [1.807, 2.05) is 6.07 Å². The maximum Gasteiger partial charge on any atom is 0.166 e. The molecular formula is C21H26N2O4. The minimum atomic E-state index is -0.858. The van der Waals surface area contributed by atoms with Crippen molar-refractivity contribution >= 4 is 5.71 Å². The van der Waals surface area contributed by atoms with Crippen LogP contribution in [-0.4, -0.2) is 58.8 Å². The van der Waals surface area contributed by atoms with E-state index in [1.165, 1.54) is 18.4 Å². The first kappa shape index (κ1) is 16.2. The molecule has 1 aromatic rings. The number of phenolic OH excluding ortho intramolecular Hbond substituents is 1. The van der Waals surface area contributed by atoms with Crippen molar-refractivity contribution in [2.75, 3.05) is 20.2 Å². The van der Waals surface area contributed by atoms with Crippen LogP contribution in [-0.2, 0) is 16.7 Å². The molecular weight excluding hydrogens is 344 g/mol. The zero-order chi connectivity index (χ0) is 18.4. The summed E-state index contributed by atoms with van der Waals surface area (Å²) in [5.74, 6) is 1.51. The van der Waals surface area contributed by atoms with Gasteiger partial charge in [0.15, 0.2) is 17.6 Å². The van der Waals surface area contributed by atoms with E-state index in [4.69, 9.17) is 9.57 Å². The Morgan fingerprint density at radius 1 is 1.33 bits per heavy atom. The molecule has 4 unspecified atom stereocenters. The zero-order valence-electron chi connectivity index (χ0n) is 15.6. The molecule has 1 spiro atoms. The van der Waals surface area contributed by atoms with Crippen LogP contribution in [0.5, 0.6) is 11.5 Å². The number of piperidine rings is 1. The highest BCUT2D eigenvalue weighted by Crippen LogP contribution is 2.65. The first-order chi connectivity index (χ1) is 13.1. The smallest absolute Gasteiger partial charge is 0.166 e. The van der Waals surface area contributed by atoms with Crippen molar-refractivity contribution in [1.29, 1.82) is 0 Å². The number of nitrogens with zero attached hydrogens (tertiary/aromatic N) is 2. The van der Waals surface area contributed by atoms with Gasteiger partial charge in [0.2, 0.25) is 0 Å². The Kier molecular flexibility index (Phi) is 3.10. The SMILES string of the molecule is CO/N=C1/CCC2(O)C3Cc4ccc(O)c5c4C2(CCN3CC2CC2)C1O5. The summed E-state index contributed by atoms with van der Waals surface area (Å²) in [7, 11) is 1.55. The summed E-state index contributed by atoms with van der Waals surface area (Å²) < 4.78 is 6.33. The Balaban J connectivity index is 1.56. The zero-order valence-corrected chi connectivity index (χ0v) is 15.6. The van der Waals surface area contributed by atoms with Crippen molar-refractivity contribution < 1.29 is 19.8 Å². The van der Waals surface area contributed by atoms with Gasteiger partial charge in [0.05, 0.1) is 16.7 Å². The van der Waals surface area contributed by atoms with Gasteiger partial charge in [0.1, 0.15) is 7.11 Å². The van der Waals surface area contributed by atoms with E-state index in [9.17, 15) is 10.2 Å². The quantitative estimate of drug-likeness (QED) is 0.796. The van der Waals surface area contributed by atoms with Gasteiger partial charge in [-0.3, -0.25) is 4.90 Å². The third-order valence-electron chi connectivity index (χ3n) is 7.79. The molecule has 0 aromatic heterocycles. The second-order valence-corrected chi connectivity index (χ2v) is 9.01. The van der Waals surface area contributed by atoms with E-state index in [0.717, 1.165) is 43.1 Å². The van der Waals surface area contributed by atoms with Crippen molar-refractivity contribution in [2.24, 2.45) is 11.1 Å². The van der Waals surface area contributed by atoms with Gasteiger partial charge in [-0.1, -0.05) is 11.2 Å². The van der Waals surface area contributed by atoms with Crippen LogP contribution in [0.15, 0.2) is 17.3 Å². The number of oxime groups is 1. The standard InChI is InChI=1S/C21H26N2O4/c1-26-22-14-6-7-21(25)16-10-13-4-5-15(24)18-17(13)20(21,19(14)27-18)8-9-23(16)11-12-2-3-12/h4-5,12,16,19,24-25H,2-3,6-11H2,1H3/b22-14-. The van der Waals surface area contributed by atoms with Crippen LogP contribution in [0.4, 0.5) is 0 Å². The van der Waals surface area contributed by atoms with E-state index in [0.29, 0.717) is 18.6 Å². The third kappa shape index (κ3) is 1.86. The van der Waals surface area contributed by atoms with Gasteiger partial charge < -0.3 is 19.8 Å². The fourth-order valence-corrected chi connectivity index (χ4v) is 6.49. The Bertz CT molecular complexity index is 851. The van der Waals surface area contributed by atoms with E-state index in [-0.39, 0.29) is 17.9 Å². The van der Waals surface area contributed by atoms with Gasteiger partial charge in [-0.2, -0.15) is 0 Å². The Hall–Kier alpha value is -1.79. The summed E-state index contributed by atoms with van der Waals surface area (Å²) >= 11 is 0. The van der Waals surface area contributed by atoms with E-state index in [1.54, 1.807) is 13.2 Å².